The number of hydrogen-bond donors (Lipinski definition) is 1. The Kier molecular flexibility index (Phi) is 2.62. The molecule has 0 saturated carbocycles. The van der Waals surface area contributed by atoms with E-state index in [-0.39, 0.29) is 32.2 Å². The van der Waals surface area contributed by atoms with Crippen molar-refractivity contribution in [2.75, 3.05) is 4.43 Å². The molecule has 14 heavy (non-hydrogen) atoms. The normalized spacial score (nSPS) is 19.6. The summed E-state index contributed by atoms with van der Waals surface area (Å²) in [4.78, 5) is 10.5. The summed E-state index contributed by atoms with van der Waals surface area (Å²) in [5, 5.41) is 8.64. The second-order valence-electron chi connectivity index (χ2n) is 3.08. The van der Waals surface area contributed by atoms with Crippen LogP contribution >= 0.6 is 20.7 Å². The van der Waals surface area contributed by atoms with Crippen molar-refractivity contribution in [3.63, 3.8) is 0 Å². The van der Waals surface area contributed by atoms with Gasteiger partial charge in [0.05, 0.1) is 5.56 Å². The molecule has 1 heterocycles. The van der Waals surface area contributed by atoms with Crippen molar-refractivity contribution in [2.45, 2.75) is 5.92 Å². The molecular weight excluding hydrogens is 298 g/mol. The van der Waals surface area contributed by atoms with Crippen LogP contribution in [0.25, 0.3) is 0 Å². The Bertz CT molecular complexity index is 415. The van der Waals surface area contributed by atoms with Gasteiger partial charge in [-0.05, 0) is 21.7 Å². The second-order valence-corrected chi connectivity index (χ2v) is 5.56. The molecule has 1 N–H and O–H groups in total. The maximum atomic E-state index is 13.4. The van der Waals surface area contributed by atoms with Crippen molar-refractivity contribution >= 4 is 30.7 Å². The number of alkyl halides is 1. The summed E-state index contributed by atoms with van der Waals surface area (Å²) in [5.74, 6) is -1.25. The maximum absolute atomic E-state index is 13.4. The molecule has 1 unspecified atom stereocenters. The van der Waals surface area contributed by atoms with Crippen LogP contribution in [0.15, 0.2) is 18.2 Å². The zero-order valence-electron chi connectivity index (χ0n) is 7.21. The highest BCUT2D eigenvalue weighted by Gasteiger charge is 2.18. The van der Waals surface area contributed by atoms with Crippen LogP contribution < -0.4 is 0 Å². The third-order valence-corrected chi connectivity index (χ3v) is 4.98. The number of benzene rings is 1. The van der Waals surface area contributed by atoms with E-state index < -0.39 is 11.8 Å². The van der Waals surface area contributed by atoms with E-state index in [1.807, 2.05) is 0 Å². The van der Waals surface area contributed by atoms with Crippen molar-refractivity contribution in [1.29, 1.82) is 0 Å². The average molecular weight is 306 g/mol. The van der Waals surface area contributed by atoms with Crippen molar-refractivity contribution in [3.05, 3.63) is 35.1 Å². The first-order chi connectivity index (χ1) is 6.68. The lowest BCUT2D eigenvalue weighted by Gasteiger charge is -2.17. The molecule has 4 heteroatoms. The highest BCUT2D eigenvalue weighted by atomic mass is 127. The molecule has 0 fully saturated rings. The van der Waals surface area contributed by atoms with Crippen LogP contribution in [0.4, 0.5) is 4.39 Å². The monoisotopic (exact) mass is 306 g/mol. The third kappa shape index (κ3) is 1.70. The number of carboxylic acid groups (broad SMARTS) is 1. The number of hydrogen-bond acceptors (Lipinski definition) is 1. The molecule has 1 atom stereocenters. The van der Waals surface area contributed by atoms with E-state index in [2.05, 4.69) is 4.01 Å². The van der Waals surface area contributed by atoms with Gasteiger partial charge in [-0.1, -0.05) is 6.07 Å². The van der Waals surface area contributed by atoms with Gasteiger partial charge >= 0.3 is 5.97 Å². The van der Waals surface area contributed by atoms with Gasteiger partial charge in [0.2, 0.25) is 0 Å². The summed E-state index contributed by atoms with van der Waals surface area (Å²) < 4.78 is 16.6. The van der Waals surface area contributed by atoms with Gasteiger partial charge in [-0.2, -0.15) is 0 Å². The Morgan fingerprint density at radius 2 is 2.29 bits per heavy atom. The van der Waals surface area contributed by atoms with Gasteiger partial charge in [-0.3, -0.25) is 0 Å². The number of halogens is 2. The van der Waals surface area contributed by atoms with E-state index in [1.54, 1.807) is 6.07 Å². The Morgan fingerprint density at radius 1 is 1.57 bits per heavy atom. The molecule has 0 radical (unpaired) electrons. The van der Waals surface area contributed by atoms with E-state index in [0.717, 1.165) is 10.5 Å². The summed E-state index contributed by atoms with van der Waals surface area (Å²) >= 11 is 0.184. The molecule has 2 nitrogen and oxygen atoms in total. The number of carbonyl (C=O) groups is 1. The topological polar surface area (TPSA) is 37.3 Å². The van der Waals surface area contributed by atoms with Crippen LogP contribution in [0.5, 0.6) is 0 Å². The lowest BCUT2D eigenvalue weighted by atomic mass is 10.0. The van der Waals surface area contributed by atoms with E-state index in [9.17, 15) is 9.18 Å². The number of aromatic carboxylic acids is 1. The molecule has 1 aliphatic rings. The quantitative estimate of drug-likeness (QED) is 0.673. The second kappa shape index (κ2) is 3.76. The summed E-state index contributed by atoms with van der Waals surface area (Å²) in [7, 11) is 0. The molecule has 1 aromatic rings. The fourth-order valence-electron chi connectivity index (χ4n) is 1.29. The fourth-order valence-corrected chi connectivity index (χ4v) is 3.17. The van der Waals surface area contributed by atoms with Crippen LogP contribution in [0.3, 0.4) is 0 Å². The summed E-state index contributed by atoms with van der Waals surface area (Å²) in [5.41, 5.74) is 0.654. The van der Waals surface area contributed by atoms with Crippen LogP contribution in [0.2, 0.25) is 0 Å². The highest BCUT2D eigenvalue weighted by molar-refractivity contribution is 14.2. The first kappa shape index (κ1) is 9.76. The summed E-state index contributed by atoms with van der Waals surface area (Å²) in [6.45, 7) is 0. The van der Waals surface area contributed by atoms with E-state index in [0.29, 0.717) is 5.56 Å². The Morgan fingerprint density at radius 3 is 2.71 bits per heavy atom. The molecule has 0 amide bonds. The van der Waals surface area contributed by atoms with Crippen LogP contribution in [0, 0.1) is 5.82 Å². The first-order valence-electron chi connectivity index (χ1n) is 4.12. The van der Waals surface area contributed by atoms with E-state index in [4.69, 9.17) is 5.11 Å². The number of rotatable bonds is 2. The van der Waals surface area contributed by atoms with Crippen LogP contribution in [0.1, 0.15) is 21.8 Å². The van der Waals surface area contributed by atoms with Crippen LogP contribution in [-0.2, 0) is 0 Å². The smallest absolute Gasteiger partial charge is 0.335 e. The van der Waals surface area contributed by atoms with Gasteiger partial charge in [-0.25, -0.2) is 9.18 Å². The first-order valence-corrected chi connectivity index (χ1v) is 6.89. The summed E-state index contributed by atoms with van der Waals surface area (Å²) in [6, 6.07) is 4.15. The molecule has 0 bridgehead atoms. The van der Waals surface area contributed by atoms with Crippen molar-refractivity contribution in [1.82, 2.24) is 0 Å². The van der Waals surface area contributed by atoms with Crippen molar-refractivity contribution < 1.29 is 14.3 Å². The molecule has 0 aliphatic carbocycles. The average Bonchev–Trinajstić information content (AvgIpc) is 2.04. The Balaban J connectivity index is 2.36. The van der Waals surface area contributed by atoms with Gasteiger partial charge in [0.25, 0.3) is 0 Å². The van der Waals surface area contributed by atoms with Gasteiger partial charge in [0.1, 0.15) is 5.82 Å². The minimum absolute atomic E-state index is 0.0141. The molecule has 0 spiro atoms. The van der Waals surface area contributed by atoms with Crippen molar-refractivity contribution in [2.24, 2.45) is 0 Å². The lowest BCUT2D eigenvalue weighted by molar-refractivity contribution is 0.0696. The molecular formula is C10H8FIO2. The van der Waals surface area contributed by atoms with Gasteiger partial charge in [0, 0.05) is 10.3 Å². The van der Waals surface area contributed by atoms with Gasteiger partial charge in [0.15, 0.2) is 0 Å². The minimum atomic E-state index is -1.08. The van der Waals surface area contributed by atoms with Gasteiger partial charge < -0.3 is 5.11 Å². The Hall–Kier alpha value is -0.780. The van der Waals surface area contributed by atoms with Gasteiger partial charge in [-0.15, -0.1) is 20.7 Å². The summed E-state index contributed by atoms with van der Waals surface area (Å²) in [6.07, 6.45) is 0. The standard InChI is InChI=1S/C10H8FIO2/c11-9-3-6(10(13)14)1-2-8(9)7-4-12-5-7/h1-4,7H,5H2,(H,13,14). The Labute approximate surface area is 90.5 Å². The maximum Gasteiger partial charge on any atom is 0.335 e. The van der Waals surface area contributed by atoms with Crippen molar-refractivity contribution in [3.8, 4) is 0 Å². The molecule has 0 aromatic heterocycles. The predicted octanol–water partition coefficient (Wildman–Crippen LogP) is 2.39. The zero-order chi connectivity index (χ0) is 10.1. The molecule has 0 saturated heterocycles. The molecule has 1 aromatic carbocycles. The van der Waals surface area contributed by atoms with E-state index >= 15 is 0 Å². The fraction of sp³-hybridized carbons (Fsp3) is 0.200. The predicted molar refractivity (Wildman–Crippen MR) is 61.1 cm³/mol. The highest BCUT2D eigenvalue weighted by Crippen LogP contribution is 2.30. The third-order valence-electron chi connectivity index (χ3n) is 2.14. The molecule has 74 valence electrons. The molecule has 2 rings (SSSR count). The van der Waals surface area contributed by atoms with Crippen LogP contribution in [-0.4, -0.2) is 19.5 Å². The van der Waals surface area contributed by atoms with E-state index in [1.165, 1.54) is 6.07 Å². The molecule has 1 aliphatic heterocycles. The number of carboxylic acids is 1. The SMILES string of the molecule is O=C(O)c1ccc(C2C=IC2)c(F)c1. The zero-order valence-corrected chi connectivity index (χ0v) is 9.36. The lowest BCUT2D eigenvalue weighted by Crippen LogP contribution is -2.11. The largest absolute Gasteiger partial charge is 0.478 e. The minimum Gasteiger partial charge on any atom is -0.478 e.